The molecular formula is C13H8N4O. The second-order valence-corrected chi connectivity index (χ2v) is 3.74. The molecule has 0 unspecified atom stereocenters. The van der Waals surface area contributed by atoms with E-state index < -0.39 is 11.8 Å². The van der Waals surface area contributed by atoms with Crippen LogP contribution in [0.1, 0.15) is 11.5 Å². The summed E-state index contributed by atoms with van der Waals surface area (Å²) in [4.78, 5) is 0. The quantitative estimate of drug-likeness (QED) is 0.795. The largest absolute Gasteiger partial charge is 0.440 e. The molecule has 0 amide bonds. The first-order valence-corrected chi connectivity index (χ1v) is 5.18. The van der Waals surface area contributed by atoms with Crippen LogP contribution in [0.25, 0.3) is 0 Å². The van der Waals surface area contributed by atoms with Gasteiger partial charge in [-0.25, -0.2) is 0 Å². The van der Waals surface area contributed by atoms with E-state index in [0.29, 0.717) is 11.3 Å². The van der Waals surface area contributed by atoms with Crippen LogP contribution in [-0.4, -0.2) is 0 Å². The predicted molar refractivity (Wildman–Crippen MR) is 61.4 cm³/mol. The summed E-state index contributed by atoms with van der Waals surface area (Å²) in [6, 6.07) is 12.6. The fourth-order valence-electron chi connectivity index (χ4n) is 1.96. The minimum absolute atomic E-state index is 0.0447. The zero-order chi connectivity index (χ0) is 13.1. The molecule has 2 rings (SSSR count). The van der Waals surface area contributed by atoms with Crippen molar-refractivity contribution in [1.82, 2.24) is 0 Å². The van der Waals surface area contributed by atoms with E-state index in [9.17, 15) is 0 Å². The molecule has 0 spiro atoms. The molecule has 0 saturated heterocycles. The Balaban J connectivity index is 2.64. The minimum Gasteiger partial charge on any atom is -0.440 e. The molecule has 5 heteroatoms. The van der Waals surface area contributed by atoms with E-state index in [0.717, 1.165) is 0 Å². The lowest BCUT2D eigenvalue weighted by Crippen LogP contribution is -2.24. The molecule has 0 radical (unpaired) electrons. The third-order valence-corrected chi connectivity index (χ3v) is 2.78. The first-order chi connectivity index (χ1) is 8.72. The van der Waals surface area contributed by atoms with E-state index >= 15 is 0 Å². The maximum Gasteiger partial charge on any atom is 0.205 e. The number of ether oxygens (including phenoxy) is 1. The topological polar surface area (TPSA) is 107 Å². The number of nitrogens with two attached hydrogens (primary N) is 1. The third-order valence-electron chi connectivity index (χ3n) is 2.78. The summed E-state index contributed by atoms with van der Waals surface area (Å²) in [7, 11) is 0. The highest BCUT2D eigenvalue weighted by atomic mass is 16.5. The van der Waals surface area contributed by atoms with Crippen molar-refractivity contribution < 1.29 is 4.74 Å². The summed E-state index contributed by atoms with van der Waals surface area (Å²) in [5.74, 6) is -1.19. The lowest BCUT2D eigenvalue weighted by atomic mass is 9.80. The Labute approximate surface area is 104 Å². The van der Waals surface area contributed by atoms with Crippen LogP contribution in [0.5, 0.6) is 5.75 Å². The van der Waals surface area contributed by atoms with Gasteiger partial charge in [0.25, 0.3) is 0 Å². The molecule has 5 nitrogen and oxygen atoms in total. The second kappa shape index (κ2) is 4.49. The standard InChI is InChI=1S/C13H8N4O/c14-5-8(6-15)12-9-3-1-2-4-11(9)18-13(17)10(12)7-16/h1-4,8,12H,17H2/t12-/m1/s1. The van der Waals surface area contributed by atoms with Gasteiger partial charge in [-0.1, -0.05) is 18.2 Å². The molecule has 0 saturated carbocycles. The molecule has 1 aromatic rings. The van der Waals surface area contributed by atoms with Crippen molar-refractivity contribution in [2.24, 2.45) is 11.7 Å². The summed E-state index contributed by atoms with van der Waals surface area (Å²) >= 11 is 0. The number of nitriles is 3. The van der Waals surface area contributed by atoms with Crippen molar-refractivity contribution in [1.29, 1.82) is 15.8 Å². The molecule has 1 atom stereocenters. The van der Waals surface area contributed by atoms with Crippen molar-refractivity contribution in [3.63, 3.8) is 0 Å². The van der Waals surface area contributed by atoms with Crippen LogP contribution in [0.15, 0.2) is 35.7 Å². The van der Waals surface area contributed by atoms with Crippen LogP contribution < -0.4 is 10.5 Å². The molecule has 1 aliphatic rings. The highest BCUT2D eigenvalue weighted by Gasteiger charge is 2.35. The number of nitrogens with zero attached hydrogens (tertiary/aromatic N) is 3. The van der Waals surface area contributed by atoms with E-state index in [1.807, 2.05) is 18.2 Å². The smallest absolute Gasteiger partial charge is 0.205 e. The van der Waals surface area contributed by atoms with Crippen LogP contribution in [0.2, 0.25) is 0 Å². The van der Waals surface area contributed by atoms with Gasteiger partial charge in [-0.2, -0.15) is 15.8 Å². The Morgan fingerprint density at radius 1 is 1.17 bits per heavy atom. The monoisotopic (exact) mass is 236 g/mol. The van der Waals surface area contributed by atoms with Gasteiger partial charge in [-0.15, -0.1) is 0 Å². The molecule has 1 aromatic carbocycles. The molecule has 0 aromatic heterocycles. The number of allylic oxidation sites excluding steroid dienone is 1. The Morgan fingerprint density at radius 3 is 2.44 bits per heavy atom. The predicted octanol–water partition coefficient (Wildman–Crippen LogP) is 1.52. The van der Waals surface area contributed by atoms with Gasteiger partial charge >= 0.3 is 0 Å². The molecule has 2 N–H and O–H groups in total. The van der Waals surface area contributed by atoms with Gasteiger partial charge in [0.05, 0.1) is 23.6 Å². The van der Waals surface area contributed by atoms with Crippen molar-refractivity contribution in [2.75, 3.05) is 0 Å². The normalized spacial score (nSPS) is 17.1. The molecule has 0 fully saturated rings. The highest BCUT2D eigenvalue weighted by molar-refractivity contribution is 5.51. The Morgan fingerprint density at radius 2 is 1.83 bits per heavy atom. The van der Waals surface area contributed by atoms with E-state index in [2.05, 4.69) is 0 Å². The number of hydrogen-bond donors (Lipinski definition) is 1. The van der Waals surface area contributed by atoms with Crippen molar-refractivity contribution in [3.8, 4) is 24.0 Å². The van der Waals surface area contributed by atoms with E-state index in [1.54, 1.807) is 24.3 Å². The zero-order valence-electron chi connectivity index (χ0n) is 9.29. The van der Waals surface area contributed by atoms with Crippen LogP contribution in [0, 0.1) is 39.9 Å². The highest BCUT2D eigenvalue weighted by Crippen LogP contribution is 2.41. The Kier molecular flexibility index (Phi) is 2.87. The van der Waals surface area contributed by atoms with Gasteiger partial charge in [0.2, 0.25) is 5.88 Å². The van der Waals surface area contributed by atoms with Gasteiger partial charge < -0.3 is 10.5 Å². The summed E-state index contributed by atoms with van der Waals surface area (Å²) in [6.45, 7) is 0. The van der Waals surface area contributed by atoms with Crippen molar-refractivity contribution >= 4 is 0 Å². The molecule has 0 aliphatic carbocycles. The van der Waals surface area contributed by atoms with Crippen molar-refractivity contribution in [3.05, 3.63) is 41.3 Å². The number of rotatable bonds is 1. The fourth-order valence-corrected chi connectivity index (χ4v) is 1.96. The fraction of sp³-hybridized carbons (Fsp3) is 0.154. The first-order valence-electron chi connectivity index (χ1n) is 5.18. The Bertz CT molecular complexity index is 628. The minimum atomic E-state index is -0.969. The molecule has 1 heterocycles. The molecule has 0 bridgehead atoms. The zero-order valence-corrected chi connectivity index (χ0v) is 9.29. The van der Waals surface area contributed by atoms with Crippen molar-refractivity contribution in [2.45, 2.75) is 5.92 Å². The molecule has 18 heavy (non-hydrogen) atoms. The number of para-hydroxylation sites is 1. The molecular weight excluding hydrogens is 228 g/mol. The van der Waals surface area contributed by atoms with Crippen LogP contribution in [0.4, 0.5) is 0 Å². The van der Waals surface area contributed by atoms with Crippen LogP contribution >= 0.6 is 0 Å². The molecule has 1 aliphatic heterocycles. The lowest BCUT2D eigenvalue weighted by Gasteiger charge is -2.26. The van der Waals surface area contributed by atoms with E-state index in [1.165, 1.54) is 0 Å². The summed E-state index contributed by atoms with van der Waals surface area (Å²) in [6.07, 6.45) is 0. The first kappa shape index (κ1) is 11.5. The van der Waals surface area contributed by atoms with Crippen LogP contribution in [0.3, 0.4) is 0 Å². The summed E-state index contributed by atoms with van der Waals surface area (Å²) in [5.41, 5.74) is 6.42. The van der Waals surface area contributed by atoms with Gasteiger partial charge in [0.15, 0.2) is 0 Å². The number of fused-ring (bicyclic) bond motifs is 1. The SMILES string of the molecule is N#CC1=C(N)Oc2ccccc2[C@H]1C(C#N)C#N. The van der Waals surface area contributed by atoms with Crippen LogP contribution in [-0.2, 0) is 0 Å². The number of benzene rings is 1. The maximum absolute atomic E-state index is 9.11. The van der Waals surface area contributed by atoms with E-state index in [-0.39, 0.29) is 11.5 Å². The Hall–Kier alpha value is -2.97. The maximum atomic E-state index is 9.11. The average molecular weight is 236 g/mol. The third kappa shape index (κ3) is 1.63. The number of hydrogen-bond acceptors (Lipinski definition) is 5. The summed E-state index contributed by atoms with van der Waals surface area (Å²) < 4.78 is 5.32. The van der Waals surface area contributed by atoms with Gasteiger partial charge in [0, 0.05) is 5.56 Å². The van der Waals surface area contributed by atoms with Gasteiger partial charge in [0.1, 0.15) is 17.7 Å². The second-order valence-electron chi connectivity index (χ2n) is 3.74. The summed E-state index contributed by atoms with van der Waals surface area (Å²) in [5, 5.41) is 27.1. The average Bonchev–Trinajstić information content (AvgIpc) is 2.40. The van der Waals surface area contributed by atoms with Gasteiger partial charge in [-0.3, -0.25) is 0 Å². The van der Waals surface area contributed by atoms with Gasteiger partial charge in [-0.05, 0) is 6.07 Å². The van der Waals surface area contributed by atoms with E-state index in [4.69, 9.17) is 26.3 Å². The molecule has 86 valence electrons. The lowest BCUT2D eigenvalue weighted by molar-refractivity contribution is 0.383.